The van der Waals surface area contributed by atoms with Crippen LogP contribution in [0.15, 0.2) is 18.2 Å². The molecule has 0 spiro atoms. The first-order chi connectivity index (χ1) is 13.5. The van der Waals surface area contributed by atoms with Crippen LogP contribution in [0.1, 0.15) is 59.2 Å². The second-order valence-corrected chi connectivity index (χ2v) is 7.80. The number of benzene rings is 1. The zero-order valence-electron chi connectivity index (χ0n) is 15.6. The highest BCUT2D eigenvalue weighted by Crippen LogP contribution is 2.30. The molecule has 4 N–H and O–H groups in total. The van der Waals surface area contributed by atoms with Gasteiger partial charge in [0.15, 0.2) is 0 Å². The van der Waals surface area contributed by atoms with Gasteiger partial charge >= 0.3 is 0 Å². The minimum Gasteiger partial charge on any atom is -0.385 e. The lowest BCUT2D eigenvalue weighted by atomic mass is 9.85. The summed E-state index contributed by atoms with van der Waals surface area (Å²) in [7, 11) is 0. The van der Waals surface area contributed by atoms with Crippen LogP contribution in [0.25, 0.3) is 0 Å². The molecule has 1 aromatic rings. The Labute approximate surface area is 162 Å². The quantitative estimate of drug-likeness (QED) is 0.666. The van der Waals surface area contributed by atoms with E-state index in [0.29, 0.717) is 5.92 Å². The van der Waals surface area contributed by atoms with Crippen LogP contribution in [-0.4, -0.2) is 47.2 Å². The van der Waals surface area contributed by atoms with Gasteiger partial charge in [-0.05, 0) is 43.4 Å². The summed E-state index contributed by atoms with van der Waals surface area (Å²) in [6.45, 7) is 0.721. The Hall–Kier alpha value is -2.74. The Balaban J connectivity index is 1.49. The molecule has 1 aliphatic carbocycles. The first-order valence-corrected chi connectivity index (χ1v) is 9.81. The maximum atomic E-state index is 12.8. The Kier molecular flexibility index (Phi) is 4.89. The topological polar surface area (TPSA) is 122 Å². The highest BCUT2D eigenvalue weighted by molar-refractivity contribution is 6.23. The van der Waals surface area contributed by atoms with Crippen molar-refractivity contribution in [3.8, 4) is 0 Å². The van der Waals surface area contributed by atoms with Crippen LogP contribution in [0.3, 0.4) is 0 Å². The Morgan fingerprint density at radius 3 is 2.54 bits per heavy atom. The molecule has 2 aliphatic heterocycles. The summed E-state index contributed by atoms with van der Waals surface area (Å²) in [6, 6.07) is 4.29. The summed E-state index contributed by atoms with van der Waals surface area (Å²) < 4.78 is 0. The van der Waals surface area contributed by atoms with E-state index in [1.165, 1.54) is 12.8 Å². The molecule has 3 unspecified atom stereocenters. The minimum atomic E-state index is -0.943. The second kappa shape index (κ2) is 7.35. The van der Waals surface area contributed by atoms with Gasteiger partial charge in [0.05, 0.1) is 11.1 Å². The smallest absolute Gasteiger partial charge is 0.262 e. The number of carbonyl (C=O) groups is 4. The normalized spacial score (nSPS) is 27.6. The van der Waals surface area contributed by atoms with Crippen molar-refractivity contribution in [3.63, 3.8) is 0 Å². The third-order valence-electron chi connectivity index (χ3n) is 5.98. The number of imide groups is 2. The highest BCUT2D eigenvalue weighted by atomic mass is 16.2. The van der Waals surface area contributed by atoms with E-state index in [2.05, 4.69) is 10.6 Å². The molecule has 0 radical (unpaired) electrons. The molecule has 4 rings (SSSR count). The molecular weight excluding hydrogens is 360 g/mol. The summed E-state index contributed by atoms with van der Waals surface area (Å²) >= 11 is 0. The predicted molar refractivity (Wildman–Crippen MR) is 102 cm³/mol. The third kappa shape index (κ3) is 3.28. The van der Waals surface area contributed by atoms with E-state index in [1.54, 1.807) is 18.2 Å². The van der Waals surface area contributed by atoms with Gasteiger partial charge in [-0.25, -0.2) is 0 Å². The van der Waals surface area contributed by atoms with Gasteiger partial charge in [-0.3, -0.25) is 29.4 Å². The van der Waals surface area contributed by atoms with Crippen LogP contribution < -0.4 is 16.4 Å². The number of amides is 4. The van der Waals surface area contributed by atoms with Crippen molar-refractivity contribution in [1.29, 1.82) is 0 Å². The first kappa shape index (κ1) is 18.6. The van der Waals surface area contributed by atoms with Crippen molar-refractivity contribution < 1.29 is 19.2 Å². The van der Waals surface area contributed by atoms with Crippen LogP contribution in [0.5, 0.6) is 0 Å². The fraction of sp³-hybridized carbons (Fsp3) is 0.500. The van der Waals surface area contributed by atoms with Gasteiger partial charge in [-0.1, -0.05) is 12.8 Å². The third-order valence-corrected chi connectivity index (χ3v) is 5.98. The number of fused-ring (bicyclic) bond motifs is 1. The van der Waals surface area contributed by atoms with Crippen LogP contribution in [0, 0.1) is 5.92 Å². The van der Waals surface area contributed by atoms with Crippen molar-refractivity contribution >= 4 is 29.3 Å². The molecule has 28 heavy (non-hydrogen) atoms. The van der Waals surface area contributed by atoms with Gasteiger partial charge in [0, 0.05) is 24.7 Å². The lowest BCUT2D eigenvalue weighted by Gasteiger charge is -2.29. The second-order valence-electron chi connectivity index (χ2n) is 7.80. The van der Waals surface area contributed by atoms with Crippen molar-refractivity contribution in [2.75, 3.05) is 11.9 Å². The standard InChI is InChI=1S/C20H24N4O4/c21-15-4-2-1-3-11(15)10-22-12-5-6-13-14(9-12)20(28)24(19(13)27)16-7-8-17(25)23-18(16)26/h5-6,9,11,15-16,22H,1-4,7-8,10,21H2,(H,23,25,26). The van der Waals surface area contributed by atoms with Crippen LogP contribution >= 0.6 is 0 Å². The van der Waals surface area contributed by atoms with Crippen molar-refractivity contribution in [2.24, 2.45) is 11.7 Å². The number of hydrogen-bond acceptors (Lipinski definition) is 6. The maximum absolute atomic E-state index is 12.8. The zero-order valence-corrected chi connectivity index (χ0v) is 15.6. The van der Waals surface area contributed by atoms with Gasteiger partial charge in [0.25, 0.3) is 11.8 Å². The van der Waals surface area contributed by atoms with Crippen molar-refractivity contribution in [3.05, 3.63) is 29.3 Å². The summed E-state index contributed by atoms with van der Waals surface area (Å²) in [5, 5.41) is 5.53. The van der Waals surface area contributed by atoms with E-state index in [4.69, 9.17) is 5.73 Å². The number of nitrogens with zero attached hydrogens (tertiary/aromatic N) is 1. The number of nitrogens with two attached hydrogens (primary N) is 1. The van der Waals surface area contributed by atoms with E-state index in [0.717, 1.165) is 30.0 Å². The Morgan fingerprint density at radius 1 is 1.04 bits per heavy atom. The molecule has 3 atom stereocenters. The maximum Gasteiger partial charge on any atom is 0.262 e. The Morgan fingerprint density at radius 2 is 1.79 bits per heavy atom. The fourth-order valence-electron chi connectivity index (χ4n) is 4.32. The molecule has 4 amide bonds. The molecule has 1 aromatic carbocycles. The van der Waals surface area contributed by atoms with E-state index in [9.17, 15) is 19.2 Å². The number of hydrogen-bond donors (Lipinski definition) is 3. The van der Waals surface area contributed by atoms with E-state index in [1.807, 2.05) is 0 Å². The number of nitrogens with one attached hydrogen (secondary N) is 2. The monoisotopic (exact) mass is 384 g/mol. The number of anilines is 1. The summed E-state index contributed by atoms with van der Waals surface area (Å²) in [4.78, 5) is 50.0. The molecule has 2 fully saturated rings. The van der Waals surface area contributed by atoms with Gasteiger partial charge in [-0.2, -0.15) is 0 Å². The lowest BCUT2D eigenvalue weighted by Crippen LogP contribution is -2.54. The molecule has 8 nitrogen and oxygen atoms in total. The molecule has 8 heteroatoms. The van der Waals surface area contributed by atoms with Crippen molar-refractivity contribution in [1.82, 2.24) is 10.2 Å². The van der Waals surface area contributed by atoms with Gasteiger partial charge in [0.2, 0.25) is 11.8 Å². The summed E-state index contributed by atoms with van der Waals surface area (Å²) in [5.41, 5.74) is 7.51. The van der Waals surface area contributed by atoms with Crippen LogP contribution in [-0.2, 0) is 9.59 Å². The van der Waals surface area contributed by atoms with E-state index in [-0.39, 0.29) is 35.9 Å². The molecule has 2 heterocycles. The number of piperidine rings is 1. The van der Waals surface area contributed by atoms with Gasteiger partial charge in [0.1, 0.15) is 6.04 Å². The molecule has 1 saturated heterocycles. The number of carbonyl (C=O) groups excluding carboxylic acids is 4. The summed E-state index contributed by atoms with van der Waals surface area (Å²) in [6.07, 6.45) is 4.73. The lowest BCUT2D eigenvalue weighted by molar-refractivity contribution is -0.136. The van der Waals surface area contributed by atoms with Gasteiger partial charge in [-0.15, -0.1) is 0 Å². The molecular formula is C20H24N4O4. The van der Waals surface area contributed by atoms with E-state index < -0.39 is 23.8 Å². The highest BCUT2D eigenvalue weighted by Gasteiger charge is 2.44. The van der Waals surface area contributed by atoms with Crippen LogP contribution in [0.2, 0.25) is 0 Å². The molecule has 0 bridgehead atoms. The average molecular weight is 384 g/mol. The first-order valence-electron chi connectivity index (χ1n) is 9.81. The molecule has 1 saturated carbocycles. The van der Waals surface area contributed by atoms with Gasteiger partial charge < -0.3 is 11.1 Å². The Bertz CT molecular complexity index is 853. The SMILES string of the molecule is NC1CCCCC1CNc1ccc2c(c1)C(=O)N(C1CCC(=O)NC1=O)C2=O. The van der Waals surface area contributed by atoms with E-state index >= 15 is 0 Å². The molecule has 0 aromatic heterocycles. The van der Waals surface area contributed by atoms with Crippen molar-refractivity contribution in [2.45, 2.75) is 50.6 Å². The minimum absolute atomic E-state index is 0.109. The van der Waals surface area contributed by atoms with Crippen LogP contribution in [0.4, 0.5) is 5.69 Å². The summed E-state index contributed by atoms with van der Waals surface area (Å²) in [5.74, 6) is -1.58. The zero-order chi connectivity index (χ0) is 19.8. The molecule has 148 valence electrons. The number of rotatable bonds is 4. The predicted octanol–water partition coefficient (Wildman–Crippen LogP) is 1.02. The largest absolute Gasteiger partial charge is 0.385 e. The fourth-order valence-corrected chi connectivity index (χ4v) is 4.32. The molecule has 3 aliphatic rings. The average Bonchev–Trinajstić information content (AvgIpc) is 2.92.